The van der Waals surface area contributed by atoms with Crippen LogP contribution in [-0.2, 0) is 9.53 Å². The van der Waals surface area contributed by atoms with Crippen molar-refractivity contribution in [3.8, 4) is 0 Å². The van der Waals surface area contributed by atoms with Crippen molar-refractivity contribution >= 4 is 35.1 Å². The van der Waals surface area contributed by atoms with Gasteiger partial charge in [0.15, 0.2) is 0 Å². The van der Waals surface area contributed by atoms with E-state index in [4.69, 9.17) is 23.2 Å². The van der Waals surface area contributed by atoms with Gasteiger partial charge in [-0.1, -0.05) is 23.2 Å². The van der Waals surface area contributed by atoms with Crippen molar-refractivity contribution in [3.63, 3.8) is 0 Å². The number of hydrogen-bond acceptors (Lipinski definition) is 4. The molecule has 1 aromatic rings. The maximum atomic E-state index is 11.6. The Balaban J connectivity index is 2.61. The number of ether oxygens (including phenoxy) is 1. The number of carbonyl (C=O) groups excluding carboxylic acids is 2. The Bertz CT molecular complexity index is 417. The van der Waals surface area contributed by atoms with Gasteiger partial charge in [-0.15, -0.1) is 0 Å². The molecule has 0 aliphatic carbocycles. The summed E-state index contributed by atoms with van der Waals surface area (Å²) in [4.78, 5) is 26.3. The van der Waals surface area contributed by atoms with Gasteiger partial charge in [-0.05, 0) is 19.1 Å². The summed E-state index contributed by atoms with van der Waals surface area (Å²) in [6.07, 6.45) is 0. The highest BCUT2D eigenvalue weighted by Crippen LogP contribution is 2.14. The second-order valence-electron chi connectivity index (χ2n) is 2.99. The molecular weight excluding hydrogens is 267 g/mol. The van der Waals surface area contributed by atoms with Crippen LogP contribution in [0.15, 0.2) is 12.1 Å². The predicted molar refractivity (Wildman–Crippen MR) is 63.2 cm³/mol. The van der Waals surface area contributed by atoms with Gasteiger partial charge in [-0.25, -0.2) is 4.98 Å². The summed E-state index contributed by atoms with van der Waals surface area (Å²) in [5, 5.41) is 2.60. The number of amides is 1. The van der Waals surface area contributed by atoms with Crippen molar-refractivity contribution in [1.29, 1.82) is 0 Å². The number of hydrogen-bond donors (Lipinski definition) is 1. The molecule has 0 saturated carbocycles. The van der Waals surface area contributed by atoms with Crippen LogP contribution in [-0.4, -0.2) is 30.0 Å². The highest BCUT2D eigenvalue weighted by molar-refractivity contribution is 6.33. The van der Waals surface area contributed by atoms with Crippen LogP contribution in [0.5, 0.6) is 0 Å². The van der Waals surface area contributed by atoms with Crippen LogP contribution in [0.4, 0.5) is 0 Å². The third-order valence-electron chi connectivity index (χ3n) is 1.72. The SMILES string of the molecule is CCOC(=O)CNC(=O)c1cc(Cl)nc(Cl)c1. The molecule has 0 bridgehead atoms. The zero-order valence-electron chi connectivity index (χ0n) is 9.00. The molecule has 1 N–H and O–H groups in total. The predicted octanol–water partition coefficient (Wildman–Crippen LogP) is 1.68. The molecule has 0 saturated heterocycles. The fourth-order valence-electron chi connectivity index (χ4n) is 1.06. The highest BCUT2D eigenvalue weighted by Gasteiger charge is 2.10. The number of esters is 1. The van der Waals surface area contributed by atoms with Crippen LogP contribution >= 0.6 is 23.2 Å². The largest absolute Gasteiger partial charge is 0.465 e. The first-order valence-electron chi connectivity index (χ1n) is 4.80. The number of aromatic nitrogens is 1. The van der Waals surface area contributed by atoms with E-state index in [1.54, 1.807) is 6.92 Å². The van der Waals surface area contributed by atoms with E-state index in [2.05, 4.69) is 15.0 Å². The zero-order valence-corrected chi connectivity index (χ0v) is 10.5. The minimum Gasteiger partial charge on any atom is -0.465 e. The van der Waals surface area contributed by atoms with Crippen LogP contribution in [0.25, 0.3) is 0 Å². The maximum Gasteiger partial charge on any atom is 0.325 e. The molecule has 0 spiro atoms. The number of carbonyl (C=O) groups is 2. The van der Waals surface area contributed by atoms with Crippen molar-refractivity contribution in [2.75, 3.05) is 13.2 Å². The molecule has 0 aliphatic rings. The van der Waals surface area contributed by atoms with Gasteiger partial charge in [0.1, 0.15) is 16.9 Å². The molecule has 1 rings (SSSR count). The van der Waals surface area contributed by atoms with Gasteiger partial charge < -0.3 is 10.1 Å². The van der Waals surface area contributed by atoms with Crippen LogP contribution in [0.3, 0.4) is 0 Å². The highest BCUT2D eigenvalue weighted by atomic mass is 35.5. The minimum absolute atomic E-state index is 0.110. The molecule has 1 aromatic heterocycles. The second kappa shape index (κ2) is 6.42. The fourth-order valence-corrected chi connectivity index (χ4v) is 1.52. The van der Waals surface area contributed by atoms with E-state index in [0.29, 0.717) is 0 Å². The average Bonchev–Trinajstić information content (AvgIpc) is 2.25. The molecule has 1 amide bonds. The first kappa shape index (κ1) is 13.7. The Labute approximate surface area is 108 Å². The maximum absolute atomic E-state index is 11.6. The summed E-state index contributed by atoms with van der Waals surface area (Å²) in [6.45, 7) is 1.74. The first-order valence-corrected chi connectivity index (χ1v) is 5.55. The standard InChI is InChI=1S/C10H10Cl2N2O3/c1-2-17-9(15)5-13-10(16)6-3-7(11)14-8(12)4-6/h3-4H,2,5H2,1H3,(H,13,16). The molecule has 0 atom stereocenters. The van der Waals surface area contributed by atoms with E-state index >= 15 is 0 Å². The van der Waals surface area contributed by atoms with E-state index in [-0.39, 0.29) is 29.0 Å². The average molecular weight is 277 g/mol. The van der Waals surface area contributed by atoms with Gasteiger partial charge in [0.05, 0.1) is 6.61 Å². The molecule has 17 heavy (non-hydrogen) atoms. The number of rotatable bonds is 4. The third-order valence-corrected chi connectivity index (χ3v) is 2.11. The van der Waals surface area contributed by atoms with E-state index < -0.39 is 11.9 Å². The summed E-state index contributed by atoms with van der Waals surface area (Å²) in [7, 11) is 0. The zero-order chi connectivity index (χ0) is 12.8. The smallest absolute Gasteiger partial charge is 0.325 e. The van der Waals surface area contributed by atoms with Crippen molar-refractivity contribution < 1.29 is 14.3 Å². The first-order chi connectivity index (χ1) is 8.02. The van der Waals surface area contributed by atoms with Crippen molar-refractivity contribution in [3.05, 3.63) is 28.0 Å². The lowest BCUT2D eigenvalue weighted by Gasteiger charge is -2.05. The van der Waals surface area contributed by atoms with Crippen molar-refractivity contribution in [2.24, 2.45) is 0 Å². The van der Waals surface area contributed by atoms with Gasteiger partial charge in [0, 0.05) is 5.56 Å². The Kier molecular flexibility index (Phi) is 5.18. The lowest BCUT2D eigenvalue weighted by atomic mass is 10.2. The molecular formula is C10H10Cl2N2O3. The number of nitrogens with one attached hydrogen (secondary N) is 1. The molecule has 5 nitrogen and oxygen atoms in total. The summed E-state index contributed by atoms with van der Waals surface area (Å²) < 4.78 is 4.66. The minimum atomic E-state index is -0.507. The van der Waals surface area contributed by atoms with Crippen LogP contribution in [0.2, 0.25) is 10.3 Å². The van der Waals surface area contributed by atoms with Gasteiger partial charge in [0.25, 0.3) is 5.91 Å². The normalized spacial score (nSPS) is 9.82. The second-order valence-corrected chi connectivity index (χ2v) is 3.76. The van der Waals surface area contributed by atoms with Gasteiger partial charge >= 0.3 is 5.97 Å². The number of nitrogens with zero attached hydrogens (tertiary/aromatic N) is 1. The Hall–Kier alpha value is -1.33. The third kappa shape index (κ3) is 4.58. The molecule has 0 aliphatic heterocycles. The summed E-state index contributed by atoms with van der Waals surface area (Å²) in [6, 6.07) is 2.71. The van der Waals surface area contributed by atoms with Crippen LogP contribution in [0, 0.1) is 0 Å². The Morgan fingerprint density at radius 1 is 1.35 bits per heavy atom. The van der Waals surface area contributed by atoms with Gasteiger partial charge in [-0.2, -0.15) is 0 Å². The van der Waals surface area contributed by atoms with Crippen molar-refractivity contribution in [1.82, 2.24) is 10.3 Å². The Morgan fingerprint density at radius 3 is 2.47 bits per heavy atom. The molecule has 92 valence electrons. The molecule has 0 aromatic carbocycles. The van der Waals surface area contributed by atoms with Gasteiger partial charge in [-0.3, -0.25) is 9.59 Å². The van der Waals surface area contributed by atoms with E-state index in [1.165, 1.54) is 12.1 Å². The fraction of sp³-hybridized carbons (Fsp3) is 0.300. The van der Waals surface area contributed by atoms with Crippen molar-refractivity contribution in [2.45, 2.75) is 6.92 Å². The topological polar surface area (TPSA) is 68.3 Å². The molecule has 7 heteroatoms. The van der Waals surface area contributed by atoms with E-state index in [1.807, 2.05) is 0 Å². The lowest BCUT2D eigenvalue weighted by Crippen LogP contribution is -2.30. The summed E-state index contributed by atoms with van der Waals surface area (Å²) in [5.74, 6) is -0.976. The van der Waals surface area contributed by atoms with Crippen LogP contribution < -0.4 is 5.32 Å². The molecule has 1 heterocycles. The van der Waals surface area contributed by atoms with E-state index in [9.17, 15) is 9.59 Å². The molecule has 0 unspecified atom stereocenters. The molecule has 0 radical (unpaired) electrons. The molecule has 0 fully saturated rings. The van der Waals surface area contributed by atoms with E-state index in [0.717, 1.165) is 0 Å². The number of pyridine rings is 1. The van der Waals surface area contributed by atoms with Crippen LogP contribution in [0.1, 0.15) is 17.3 Å². The quantitative estimate of drug-likeness (QED) is 0.671. The van der Waals surface area contributed by atoms with Gasteiger partial charge in [0.2, 0.25) is 0 Å². The summed E-state index contributed by atoms with van der Waals surface area (Å²) in [5.41, 5.74) is 0.235. The monoisotopic (exact) mass is 276 g/mol. The number of halogens is 2. The Morgan fingerprint density at radius 2 is 1.94 bits per heavy atom. The summed E-state index contributed by atoms with van der Waals surface area (Å²) >= 11 is 11.3. The lowest BCUT2D eigenvalue weighted by molar-refractivity contribution is -0.141.